The summed E-state index contributed by atoms with van der Waals surface area (Å²) in [6.45, 7) is 5.33. The Hall–Kier alpha value is -0.380. The van der Waals surface area contributed by atoms with Crippen LogP contribution in [0.5, 0.6) is 0 Å². The fourth-order valence-electron chi connectivity index (χ4n) is 1.31. The zero-order valence-corrected chi connectivity index (χ0v) is 6.87. The van der Waals surface area contributed by atoms with Crippen LogP contribution >= 0.6 is 0 Å². The van der Waals surface area contributed by atoms with Crippen LogP contribution in [0.15, 0.2) is 12.7 Å². The van der Waals surface area contributed by atoms with Crippen LogP contribution in [0.4, 0.5) is 0 Å². The summed E-state index contributed by atoms with van der Waals surface area (Å²) in [4.78, 5) is 0. The van der Waals surface area contributed by atoms with Crippen LogP contribution in [0.25, 0.3) is 0 Å². The van der Waals surface area contributed by atoms with Crippen molar-refractivity contribution < 1.29 is 0 Å². The molecule has 1 fully saturated rings. The molecule has 0 saturated carbocycles. The Morgan fingerprint density at radius 1 is 1.64 bits per heavy atom. The van der Waals surface area contributed by atoms with E-state index in [9.17, 15) is 0 Å². The monoisotopic (exact) mass is 154 g/mol. The predicted octanol–water partition coefficient (Wildman–Crippen LogP) is 0.462. The van der Waals surface area contributed by atoms with E-state index in [-0.39, 0.29) is 6.17 Å². The summed E-state index contributed by atoms with van der Waals surface area (Å²) in [5.74, 6) is 5.73. The lowest BCUT2D eigenvalue weighted by Gasteiger charge is -2.29. The number of nitrogens with zero attached hydrogens (tertiary/aromatic N) is 2. The van der Waals surface area contributed by atoms with Crippen LogP contribution in [-0.4, -0.2) is 24.3 Å². The first-order valence-corrected chi connectivity index (χ1v) is 4.13. The van der Waals surface area contributed by atoms with Crippen molar-refractivity contribution in [3.63, 3.8) is 0 Å². The number of rotatable bonds is 3. The van der Waals surface area contributed by atoms with Gasteiger partial charge in [0, 0.05) is 13.1 Å². The summed E-state index contributed by atoms with van der Waals surface area (Å²) in [6, 6.07) is 0. The minimum atomic E-state index is 0.238. The molecule has 0 amide bonds. The van der Waals surface area contributed by atoms with Gasteiger partial charge in [-0.3, -0.25) is 5.84 Å². The van der Waals surface area contributed by atoms with Gasteiger partial charge in [-0.1, -0.05) is 6.08 Å². The molecular weight excluding hydrogens is 138 g/mol. The first-order chi connectivity index (χ1) is 5.34. The summed E-state index contributed by atoms with van der Waals surface area (Å²) in [5.41, 5.74) is 0. The number of piperidine rings is 1. The maximum absolute atomic E-state index is 5.73. The van der Waals surface area contributed by atoms with E-state index in [0.717, 1.165) is 19.5 Å². The summed E-state index contributed by atoms with van der Waals surface area (Å²) >= 11 is 0. The summed E-state index contributed by atoms with van der Waals surface area (Å²) in [7, 11) is 0. The first-order valence-electron chi connectivity index (χ1n) is 4.13. The Bertz CT molecular complexity index is 119. The summed E-state index contributed by atoms with van der Waals surface area (Å²) in [6.07, 6.45) is 5.62. The molecule has 1 radical (unpaired) electrons. The van der Waals surface area contributed by atoms with Gasteiger partial charge in [-0.25, -0.2) is 10.3 Å². The molecule has 1 saturated heterocycles. The molecule has 63 valence electrons. The van der Waals surface area contributed by atoms with Gasteiger partial charge < -0.3 is 0 Å². The highest BCUT2D eigenvalue weighted by atomic mass is 15.5. The molecular formula is C8H16N3. The third kappa shape index (κ3) is 2.61. The molecule has 0 aliphatic carbocycles. The Balaban J connectivity index is 2.26. The molecule has 2 N–H and O–H groups in total. The van der Waals surface area contributed by atoms with E-state index >= 15 is 0 Å². The van der Waals surface area contributed by atoms with Crippen molar-refractivity contribution in [3.8, 4) is 0 Å². The van der Waals surface area contributed by atoms with Gasteiger partial charge in [0.2, 0.25) is 0 Å². The Kier molecular flexibility index (Phi) is 3.56. The van der Waals surface area contributed by atoms with E-state index in [4.69, 9.17) is 5.84 Å². The molecule has 3 nitrogen and oxygen atoms in total. The molecule has 11 heavy (non-hydrogen) atoms. The number of hydrogen-bond acceptors (Lipinski definition) is 2. The number of hydrogen-bond donors (Lipinski definition) is 1. The van der Waals surface area contributed by atoms with E-state index in [1.807, 2.05) is 6.08 Å². The fourth-order valence-corrected chi connectivity index (χ4v) is 1.31. The molecule has 0 aromatic carbocycles. The topological polar surface area (TPSA) is 43.4 Å². The van der Waals surface area contributed by atoms with E-state index < -0.39 is 0 Å². The van der Waals surface area contributed by atoms with Crippen molar-refractivity contribution in [1.82, 2.24) is 10.3 Å². The number of nitrogens with two attached hydrogens (primary N) is 1. The Morgan fingerprint density at radius 3 is 3.00 bits per heavy atom. The van der Waals surface area contributed by atoms with Gasteiger partial charge in [-0.15, -0.1) is 6.58 Å². The van der Waals surface area contributed by atoms with Crippen LogP contribution in [0.2, 0.25) is 0 Å². The predicted molar refractivity (Wildman–Crippen MR) is 45.7 cm³/mol. The molecule has 0 aromatic rings. The highest BCUT2D eigenvalue weighted by Crippen LogP contribution is 2.09. The van der Waals surface area contributed by atoms with Gasteiger partial charge in [0.05, 0.1) is 6.17 Å². The van der Waals surface area contributed by atoms with Crippen molar-refractivity contribution in [1.29, 1.82) is 0 Å². The second-order valence-corrected chi connectivity index (χ2v) is 2.87. The molecule has 1 aliphatic heterocycles. The van der Waals surface area contributed by atoms with Gasteiger partial charge in [-0.2, -0.15) is 0 Å². The van der Waals surface area contributed by atoms with Crippen molar-refractivity contribution in [2.24, 2.45) is 5.84 Å². The largest absolute Gasteiger partial charge is 0.267 e. The quantitative estimate of drug-likeness (QED) is 0.364. The van der Waals surface area contributed by atoms with Crippen LogP contribution < -0.4 is 11.2 Å². The maximum atomic E-state index is 5.73. The molecule has 0 spiro atoms. The lowest BCUT2D eigenvalue weighted by Crippen LogP contribution is -2.48. The smallest absolute Gasteiger partial charge is 0.0892 e. The van der Waals surface area contributed by atoms with Gasteiger partial charge in [0.25, 0.3) is 0 Å². The molecule has 0 aromatic heterocycles. The minimum absolute atomic E-state index is 0.238. The molecule has 1 heterocycles. The SMILES string of the molecule is C=CCN(N)C1CCCC[N]1. The van der Waals surface area contributed by atoms with E-state index in [1.165, 1.54) is 12.8 Å². The lowest BCUT2D eigenvalue weighted by molar-refractivity contribution is 0.151. The van der Waals surface area contributed by atoms with Crippen LogP contribution in [0, 0.1) is 0 Å². The minimum Gasteiger partial charge on any atom is -0.267 e. The zero-order chi connectivity index (χ0) is 8.10. The van der Waals surface area contributed by atoms with Crippen molar-refractivity contribution in [2.75, 3.05) is 13.1 Å². The Labute approximate surface area is 68.2 Å². The molecule has 1 unspecified atom stereocenters. The second kappa shape index (κ2) is 4.49. The zero-order valence-electron chi connectivity index (χ0n) is 6.87. The van der Waals surface area contributed by atoms with Gasteiger partial charge in [0.1, 0.15) is 0 Å². The maximum Gasteiger partial charge on any atom is 0.0892 e. The van der Waals surface area contributed by atoms with Gasteiger partial charge >= 0.3 is 0 Å². The fraction of sp³-hybridized carbons (Fsp3) is 0.750. The highest BCUT2D eigenvalue weighted by Gasteiger charge is 2.17. The third-order valence-electron chi connectivity index (χ3n) is 1.93. The van der Waals surface area contributed by atoms with Crippen molar-refractivity contribution >= 4 is 0 Å². The third-order valence-corrected chi connectivity index (χ3v) is 1.93. The van der Waals surface area contributed by atoms with Crippen LogP contribution in [0.1, 0.15) is 19.3 Å². The molecule has 1 atom stereocenters. The summed E-state index contributed by atoms with van der Waals surface area (Å²) < 4.78 is 0. The first kappa shape index (κ1) is 8.71. The second-order valence-electron chi connectivity index (χ2n) is 2.87. The van der Waals surface area contributed by atoms with Crippen LogP contribution in [-0.2, 0) is 0 Å². The normalized spacial score (nSPS) is 25.5. The highest BCUT2D eigenvalue weighted by molar-refractivity contribution is 4.76. The van der Waals surface area contributed by atoms with E-state index in [1.54, 1.807) is 5.01 Å². The van der Waals surface area contributed by atoms with E-state index in [2.05, 4.69) is 11.9 Å². The standard InChI is InChI=1S/C8H16N3/c1-2-7-11(9)8-5-3-4-6-10-8/h2,8H,1,3-7,9H2. The number of hydrazine groups is 1. The van der Waals surface area contributed by atoms with E-state index in [0.29, 0.717) is 0 Å². The van der Waals surface area contributed by atoms with Gasteiger partial charge in [0.15, 0.2) is 0 Å². The van der Waals surface area contributed by atoms with Crippen molar-refractivity contribution in [3.05, 3.63) is 12.7 Å². The average Bonchev–Trinajstić information content (AvgIpc) is 2.07. The molecule has 0 bridgehead atoms. The molecule has 1 aliphatic rings. The summed E-state index contributed by atoms with van der Waals surface area (Å²) in [5, 5.41) is 6.16. The van der Waals surface area contributed by atoms with Crippen LogP contribution in [0.3, 0.4) is 0 Å². The Morgan fingerprint density at radius 2 is 2.45 bits per heavy atom. The molecule has 3 heteroatoms. The molecule has 1 rings (SSSR count). The lowest BCUT2D eigenvalue weighted by atomic mass is 10.1. The van der Waals surface area contributed by atoms with Gasteiger partial charge in [-0.05, 0) is 19.3 Å². The van der Waals surface area contributed by atoms with Crippen molar-refractivity contribution in [2.45, 2.75) is 25.4 Å². The average molecular weight is 154 g/mol.